The van der Waals surface area contributed by atoms with Crippen molar-refractivity contribution in [1.29, 1.82) is 0 Å². The molecule has 2 N–H and O–H groups in total. The van der Waals surface area contributed by atoms with Crippen LogP contribution in [0.25, 0.3) is 0 Å². The highest BCUT2D eigenvalue weighted by molar-refractivity contribution is 7.91. The van der Waals surface area contributed by atoms with Crippen LogP contribution in [0.1, 0.15) is 35.7 Å². The first-order valence-electron chi connectivity index (χ1n) is 7.13. The first kappa shape index (κ1) is 17.5. The third-order valence-electron chi connectivity index (χ3n) is 2.96. The molecule has 0 fully saturated rings. The van der Waals surface area contributed by atoms with Crippen LogP contribution in [0.15, 0.2) is 28.6 Å². The van der Waals surface area contributed by atoms with Gasteiger partial charge in [0.25, 0.3) is 15.9 Å². The number of aromatic nitrogens is 2. The molecular weight excluding hydrogens is 336 g/mol. The lowest BCUT2D eigenvalue weighted by Gasteiger charge is -2.02. The topological polar surface area (TPSA) is 101 Å². The van der Waals surface area contributed by atoms with Gasteiger partial charge in [0.15, 0.2) is 0 Å². The molecule has 0 aliphatic heterocycles. The number of aryl methyl sites for hydroxylation is 1. The highest BCUT2D eigenvalue weighted by atomic mass is 32.2. The number of anilines is 1. The summed E-state index contributed by atoms with van der Waals surface area (Å²) >= 11 is 0.820. The fourth-order valence-electron chi connectivity index (χ4n) is 1.77. The van der Waals surface area contributed by atoms with Crippen LogP contribution in [0.2, 0.25) is 0 Å². The van der Waals surface area contributed by atoms with E-state index in [-0.39, 0.29) is 15.4 Å². The Morgan fingerprint density at radius 1 is 1.30 bits per heavy atom. The van der Waals surface area contributed by atoms with Crippen LogP contribution in [-0.4, -0.2) is 31.1 Å². The Kier molecular flexibility index (Phi) is 5.80. The van der Waals surface area contributed by atoms with Crippen LogP contribution in [0.3, 0.4) is 0 Å². The van der Waals surface area contributed by atoms with Crippen LogP contribution >= 0.6 is 11.3 Å². The minimum Gasteiger partial charge on any atom is -0.296 e. The third-order valence-corrected chi connectivity index (χ3v) is 5.63. The Morgan fingerprint density at radius 2 is 2.09 bits per heavy atom. The van der Waals surface area contributed by atoms with E-state index in [1.54, 1.807) is 18.2 Å². The zero-order valence-corrected chi connectivity index (χ0v) is 14.5. The van der Waals surface area contributed by atoms with Gasteiger partial charge in [-0.25, -0.2) is 13.1 Å². The van der Waals surface area contributed by atoms with E-state index in [9.17, 15) is 13.2 Å². The summed E-state index contributed by atoms with van der Waals surface area (Å²) in [7, 11) is -3.68. The van der Waals surface area contributed by atoms with E-state index in [2.05, 4.69) is 20.2 Å². The van der Waals surface area contributed by atoms with Crippen LogP contribution in [0.5, 0.6) is 0 Å². The van der Waals surface area contributed by atoms with Crippen molar-refractivity contribution in [3.63, 3.8) is 0 Å². The normalized spacial score (nSPS) is 11.4. The Labute approximate surface area is 139 Å². The molecule has 1 amide bonds. The Hall–Kier alpha value is -1.84. The van der Waals surface area contributed by atoms with Crippen molar-refractivity contribution >= 4 is 32.4 Å². The van der Waals surface area contributed by atoms with Gasteiger partial charge in [-0.15, -0.1) is 10.2 Å². The van der Waals surface area contributed by atoms with Crippen LogP contribution < -0.4 is 10.0 Å². The predicted octanol–water partition coefficient (Wildman–Crippen LogP) is 2.18. The van der Waals surface area contributed by atoms with Gasteiger partial charge in [-0.2, -0.15) is 0 Å². The largest absolute Gasteiger partial charge is 0.296 e. The average molecular weight is 354 g/mol. The molecule has 0 saturated carbocycles. The molecular formula is C14H18N4O3S2. The van der Waals surface area contributed by atoms with Gasteiger partial charge >= 0.3 is 0 Å². The van der Waals surface area contributed by atoms with Gasteiger partial charge < -0.3 is 0 Å². The molecule has 1 aromatic carbocycles. The molecule has 0 spiro atoms. The van der Waals surface area contributed by atoms with Crippen molar-refractivity contribution in [3.8, 4) is 0 Å². The van der Waals surface area contributed by atoms with Gasteiger partial charge in [0.2, 0.25) is 9.47 Å². The Bertz CT molecular complexity index is 787. The molecule has 9 heteroatoms. The maximum absolute atomic E-state index is 12.1. The van der Waals surface area contributed by atoms with Crippen molar-refractivity contribution in [2.24, 2.45) is 0 Å². The number of hydrogen-bond acceptors (Lipinski definition) is 6. The predicted molar refractivity (Wildman–Crippen MR) is 89.1 cm³/mol. The van der Waals surface area contributed by atoms with Crippen molar-refractivity contribution in [3.05, 3.63) is 35.4 Å². The second kappa shape index (κ2) is 7.62. The second-order valence-corrected chi connectivity index (χ2v) is 7.87. The molecule has 7 nitrogen and oxygen atoms in total. The van der Waals surface area contributed by atoms with E-state index in [0.29, 0.717) is 12.1 Å². The molecule has 2 rings (SSSR count). The van der Waals surface area contributed by atoms with Crippen molar-refractivity contribution in [2.45, 2.75) is 31.0 Å². The zero-order chi connectivity index (χ0) is 16.9. The quantitative estimate of drug-likeness (QED) is 0.586. The maximum atomic E-state index is 12.1. The molecule has 1 aromatic heterocycles. The lowest BCUT2D eigenvalue weighted by Crippen LogP contribution is -2.24. The standard InChI is InChI=1S/C14H18N4O3S2/c1-3-4-8-15-23(20,21)14-18-17-13(22-14)16-12(19)11-7-5-6-10(2)9-11/h5-7,9,15H,3-4,8H2,1-2H3,(H,16,17,19). The van der Waals surface area contributed by atoms with Gasteiger partial charge in [0.05, 0.1) is 0 Å². The Morgan fingerprint density at radius 3 is 2.78 bits per heavy atom. The fraction of sp³-hybridized carbons (Fsp3) is 0.357. The lowest BCUT2D eigenvalue weighted by molar-refractivity contribution is 0.102. The number of carbonyl (C=O) groups is 1. The number of benzene rings is 1. The summed E-state index contributed by atoms with van der Waals surface area (Å²) in [5, 5.41) is 10.1. The van der Waals surface area contributed by atoms with E-state index in [1.165, 1.54) is 0 Å². The number of rotatable bonds is 7. The number of nitrogens with zero attached hydrogens (tertiary/aromatic N) is 2. The van der Waals surface area contributed by atoms with Crippen molar-refractivity contribution < 1.29 is 13.2 Å². The summed E-state index contributed by atoms with van der Waals surface area (Å²) in [6.45, 7) is 4.20. The van der Waals surface area contributed by atoms with E-state index >= 15 is 0 Å². The summed E-state index contributed by atoms with van der Waals surface area (Å²) in [6, 6.07) is 7.07. The highest BCUT2D eigenvalue weighted by Gasteiger charge is 2.20. The van der Waals surface area contributed by atoms with Gasteiger partial charge in [-0.3, -0.25) is 10.1 Å². The van der Waals surface area contributed by atoms with Gasteiger partial charge in [-0.05, 0) is 25.5 Å². The van der Waals surface area contributed by atoms with Gasteiger partial charge in [0, 0.05) is 12.1 Å². The first-order chi connectivity index (χ1) is 10.9. The van der Waals surface area contributed by atoms with E-state index < -0.39 is 10.0 Å². The number of sulfonamides is 1. The number of unbranched alkanes of at least 4 members (excludes halogenated alkanes) is 1. The molecule has 0 aliphatic rings. The minimum absolute atomic E-state index is 0.146. The molecule has 0 unspecified atom stereocenters. The molecule has 1 heterocycles. The fourth-order valence-corrected chi connectivity index (χ4v) is 3.78. The van der Waals surface area contributed by atoms with Crippen LogP contribution in [0.4, 0.5) is 5.13 Å². The van der Waals surface area contributed by atoms with Crippen molar-refractivity contribution in [1.82, 2.24) is 14.9 Å². The van der Waals surface area contributed by atoms with Gasteiger partial charge in [0.1, 0.15) is 0 Å². The second-order valence-electron chi connectivity index (χ2n) is 4.95. The lowest BCUT2D eigenvalue weighted by atomic mass is 10.1. The molecule has 0 aliphatic carbocycles. The molecule has 2 aromatic rings. The van der Waals surface area contributed by atoms with E-state index in [1.807, 2.05) is 19.9 Å². The molecule has 0 saturated heterocycles. The molecule has 23 heavy (non-hydrogen) atoms. The SMILES string of the molecule is CCCCNS(=O)(=O)c1nnc(NC(=O)c2cccc(C)c2)s1. The maximum Gasteiger partial charge on any atom is 0.269 e. The van der Waals surface area contributed by atoms with Gasteiger partial charge in [-0.1, -0.05) is 42.4 Å². The summed E-state index contributed by atoms with van der Waals surface area (Å²) in [5.74, 6) is -0.354. The third kappa shape index (κ3) is 4.81. The Balaban J connectivity index is 2.06. The zero-order valence-electron chi connectivity index (χ0n) is 12.9. The summed E-state index contributed by atoms with van der Waals surface area (Å²) < 4.78 is 26.3. The molecule has 0 radical (unpaired) electrons. The molecule has 0 bridgehead atoms. The monoisotopic (exact) mass is 354 g/mol. The summed E-state index contributed by atoms with van der Waals surface area (Å²) in [5.41, 5.74) is 1.43. The van der Waals surface area contributed by atoms with E-state index in [0.717, 1.165) is 29.7 Å². The summed E-state index contributed by atoms with van der Waals surface area (Å²) in [4.78, 5) is 12.1. The van der Waals surface area contributed by atoms with E-state index in [4.69, 9.17) is 0 Å². The van der Waals surface area contributed by atoms with Crippen LogP contribution in [0, 0.1) is 6.92 Å². The van der Waals surface area contributed by atoms with Crippen molar-refractivity contribution in [2.75, 3.05) is 11.9 Å². The summed E-state index contributed by atoms with van der Waals surface area (Å²) in [6.07, 6.45) is 1.63. The smallest absolute Gasteiger partial charge is 0.269 e. The average Bonchev–Trinajstić information content (AvgIpc) is 2.97. The minimum atomic E-state index is -3.68. The molecule has 124 valence electrons. The highest BCUT2D eigenvalue weighted by Crippen LogP contribution is 2.20. The number of hydrogen-bond donors (Lipinski definition) is 2. The number of amides is 1. The first-order valence-corrected chi connectivity index (χ1v) is 9.43. The van der Waals surface area contributed by atoms with Crippen LogP contribution in [-0.2, 0) is 10.0 Å². The number of carbonyl (C=O) groups excluding carboxylic acids is 1. The molecule has 0 atom stereocenters. The number of nitrogens with one attached hydrogen (secondary N) is 2.